The van der Waals surface area contributed by atoms with E-state index in [2.05, 4.69) is 12.2 Å². The van der Waals surface area contributed by atoms with Crippen molar-refractivity contribution in [3.05, 3.63) is 0 Å². The molecule has 1 aliphatic carbocycles. The summed E-state index contributed by atoms with van der Waals surface area (Å²) in [5.74, 6) is 0.907. The summed E-state index contributed by atoms with van der Waals surface area (Å²) >= 11 is 0. The molecule has 0 aromatic rings. The molecule has 0 amide bonds. The van der Waals surface area contributed by atoms with Gasteiger partial charge in [-0.05, 0) is 31.6 Å². The van der Waals surface area contributed by atoms with E-state index in [0.29, 0.717) is 6.10 Å². The molecule has 1 N–H and O–H groups in total. The zero-order valence-corrected chi connectivity index (χ0v) is 9.30. The quantitative estimate of drug-likeness (QED) is 0.705. The van der Waals surface area contributed by atoms with E-state index in [1.807, 2.05) is 0 Å². The second kappa shape index (κ2) is 5.13. The third-order valence-electron chi connectivity index (χ3n) is 3.35. The Hall–Kier alpha value is -0.0800. The smallest absolute Gasteiger partial charge is 0.0714 e. The summed E-state index contributed by atoms with van der Waals surface area (Å²) in [6.45, 7) is 4.37. The lowest BCUT2D eigenvalue weighted by molar-refractivity contribution is 0.0576. The van der Waals surface area contributed by atoms with Gasteiger partial charge in [0.05, 0.1) is 6.10 Å². The molecule has 0 spiro atoms. The molecule has 2 fully saturated rings. The first-order valence-electron chi connectivity index (χ1n) is 6.23. The van der Waals surface area contributed by atoms with E-state index in [-0.39, 0.29) is 0 Å². The zero-order chi connectivity index (χ0) is 9.80. The molecule has 0 bridgehead atoms. The van der Waals surface area contributed by atoms with Gasteiger partial charge in [-0.1, -0.05) is 19.8 Å². The van der Waals surface area contributed by atoms with E-state index in [1.54, 1.807) is 0 Å². The van der Waals surface area contributed by atoms with Crippen LogP contribution in [0.1, 0.15) is 45.4 Å². The Labute approximate surface area is 87.4 Å². The van der Waals surface area contributed by atoms with Gasteiger partial charge in [-0.3, -0.25) is 0 Å². The highest BCUT2D eigenvalue weighted by atomic mass is 16.5. The lowest BCUT2D eigenvalue weighted by Gasteiger charge is -2.10. The number of ether oxygens (including phenoxy) is 1. The summed E-state index contributed by atoms with van der Waals surface area (Å²) in [4.78, 5) is 0. The maximum absolute atomic E-state index is 5.87. The van der Waals surface area contributed by atoms with Crippen molar-refractivity contribution in [2.24, 2.45) is 5.92 Å². The molecule has 1 saturated carbocycles. The zero-order valence-electron chi connectivity index (χ0n) is 9.30. The van der Waals surface area contributed by atoms with E-state index in [9.17, 15) is 0 Å². The van der Waals surface area contributed by atoms with Gasteiger partial charge in [0.2, 0.25) is 0 Å². The van der Waals surface area contributed by atoms with Crippen LogP contribution in [-0.4, -0.2) is 25.3 Å². The Morgan fingerprint density at radius 1 is 1.36 bits per heavy atom. The predicted octanol–water partition coefficient (Wildman–Crippen LogP) is 2.33. The summed E-state index contributed by atoms with van der Waals surface area (Å²) in [7, 11) is 0. The predicted molar refractivity (Wildman–Crippen MR) is 58.4 cm³/mol. The largest absolute Gasteiger partial charge is 0.377 e. The molecule has 2 rings (SSSR count). The minimum atomic E-state index is 0.512. The van der Waals surface area contributed by atoms with Crippen LogP contribution in [0.3, 0.4) is 0 Å². The number of nitrogens with one attached hydrogen (secondary N) is 1. The second-order valence-electron chi connectivity index (χ2n) is 4.88. The van der Waals surface area contributed by atoms with E-state index in [4.69, 9.17) is 4.74 Å². The fourth-order valence-corrected chi connectivity index (χ4v) is 2.14. The highest BCUT2D eigenvalue weighted by Gasteiger charge is 2.27. The third-order valence-corrected chi connectivity index (χ3v) is 3.35. The van der Waals surface area contributed by atoms with E-state index < -0.39 is 0 Å². The summed E-state index contributed by atoms with van der Waals surface area (Å²) < 4.78 is 5.87. The molecule has 1 heterocycles. The molecule has 1 aliphatic heterocycles. The van der Waals surface area contributed by atoms with Crippen LogP contribution in [0.15, 0.2) is 0 Å². The SMILES string of the molecule is CCCC[C@@H]1C[C@H](OCC2CC2)CN1. The van der Waals surface area contributed by atoms with Gasteiger partial charge >= 0.3 is 0 Å². The highest BCUT2D eigenvalue weighted by molar-refractivity contribution is 4.83. The average Bonchev–Trinajstić information content (AvgIpc) is 2.92. The summed E-state index contributed by atoms with van der Waals surface area (Å²) in [5.41, 5.74) is 0. The molecular formula is C12H23NO. The van der Waals surface area contributed by atoms with Crippen molar-refractivity contribution in [2.45, 2.75) is 57.6 Å². The van der Waals surface area contributed by atoms with Crippen molar-refractivity contribution >= 4 is 0 Å². The van der Waals surface area contributed by atoms with Crippen LogP contribution >= 0.6 is 0 Å². The molecule has 2 heteroatoms. The topological polar surface area (TPSA) is 21.3 Å². The molecular weight excluding hydrogens is 174 g/mol. The fourth-order valence-electron chi connectivity index (χ4n) is 2.14. The molecule has 0 aromatic heterocycles. The second-order valence-corrected chi connectivity index (χ2v) is 4.88. The minimum Gasteiger partial charge on any atom is -0.377 e. The van der Waals surface area contributed by atoms with Crippen molar-refractivity contribution in [2.75, 3.05) is 13.2 Å². The molecule has 82 valence electrons. The van der Waals surface area contributed by atoms with E-state index >= 15 is 0 Å². The molecule has 1 saturated heterocycles. The van der Waals surface area contributed by atoms with Crippen LogP contribution < -0.4 is 5.32 Å². The standard InChI is InChI=1S/C12H23NO/c1-2-3-4-11-7-12(8-13-11)14-9-10-5-6-10/h10-13H,2-9H2,1H3/t11-,12+/m1/s1. The van der Waals surface area contributed by atoms with Crippen LogP contribution in [0, 0.1) is 5.92 Å². The van der Waals surface area contributed by atoms with E-state index in [1.165, 1.54) is 38.5 Å². The Morgan fingerprint density at radius 2 is 2.21 bits per heavy atom. The van der Waals surface area contributed by atoms with Crippen molar-refractivity contribution < 1.29 is 4.74 Å². The Bertz CT molecular complexity index is 168. The number of rotatable bonds is 6. The molecule has 2 atom stereocenters. The van der Waals surface area contributed by atoms with Gasteiger partial charge < -0.3 is 10.1 Å². The molecule has 0 aromatic carbocycles. The molecule has 14 heavy (non-hydrogen) atoms. The maximum Gasteiger partial charge on any atom is 0.0714 e. The first-order chi connectivity index (χ1) is 6.88. The first-order valence-corrected chi connectivity index (χ1v) is 6.23. The van der Waals surface area contributed by atoms with Crippen LogP contribution in [-0.2, 0) is 4.74 Å². The number of hydrogen-bond acceptors (Lipinski definition) is 2. The fraction of sp³-hybridized carbons (Fsp3) is 1.00. The highest BCUT2D eigenvalue weighted by Crippen LogP contribution is 2.30. The molecule has 2 aliphatic rings. The van der Waals surface area contributed by atoms with Crippen molar-refractivity contribution in [3.63, 3.8) is 0 Å². The molecule has 0 radical (unpaired) electrons. The van der Waals surface area contributed by atoms with Gasteiger partial charge in [-0.15, -0.1) is 0 Å². The summed E-state index contributed by atoms with van der Waals surface area (Å²) in [5, 5.41) is 3.56. The van der Waals surface area contributed by atoms with Gasteiger partial charge in [0.1, 0.15) is 0 Å². The Balaban J connectivity index is 1.56. The molecule has 0 unspecified atom stereocenters. The lowest BCUT2D eigenvalue weighted by Crippen LogP contribution is -2.21. The number of unbranched alkanes of at least 4 members (excludes halogenated alkanes) is 1. The Kier molecular flexibility index (Phi) is 3.82. The van der Waals surface area contributed by atoms with Gasteiger partial charge in [0, 0.05) is 19.2 Å². The van der Waals surface area contributed by atoms with Crippen molar-refractivity contribution in [1.29, 1.82) is 0 Å². The van der Waals surface area contributed by atoms with Gasteiger partial charge in [0.15, 0.2) is 0 Å². The maximum atomic E-state index is 5.87. The molecule has 2 nitrogen and oxygen atoms in total. The van der Waals surface area contributed by atoms with Gasteiger partial charge in [-0.2, -0.15) is 0 Å². The van der Waals surface area contributed by atoms with Crippen LogP contribution in [0.4, 0.5) is 0 Å². The van der Waals surface area contributed by atoms with Crippen molar-refractivity contribution in [1.82, 2.24) is 5.32 Å². The number of hydrogen-bond donors (Lipinski definition) is 1. The van der Waals surface area contributed by atoms with Gasteiger partial charge in [-0.25, -0.2) is 0 Å². The van der Waals surface area contributed by atoms with Crippen LogP contribution in [0.5, 0.6) is 0 Å². The van der Waals surface area contributed by atoms with Crippen molar-refractivity contribution in [3.8, 4) is 0 Å². The third kappa shape index (κ3) is 3.25. The average molecular weight is 197 g/mol. The van der Waals surface area contributed by atoms with Crippen LogP contribution in [0.2, 0.25) is 0 Å². The summed E-state index contributed by atoms with van der Waals surface area (Å²) in [6.07, 6.45) is 8.56. The summed E-state index contributed by atoms with van der Waals surface area (Å²) in [6, 6.07) is 0.735. The Morgan fingerprint density at radius 3 is 2.93 bits per heavy atom. The van der Waals surface area contributed by atoms with Gasteiger partial charge in [0.25, 0.3) is 0 Å². The lowest BCUT2D eigenvalue weighted by atomic mass is 10.1. The minimum absolute atomic E-state index is 0.512. The monoisotopic (exact) mass is 197 g/mol. The normalized spacial score (nSPS) is 32.4. The van der Waals surface area contributed by atoms with Crippen LogP contribution in [0.25, 0.3) is 0 Å². The van der Waals surface area contributed by atoms with E-state index in [0.717, 1.165) is 25.1 Å². The first kappa shape index (κ1) is 10.4.